The second kappa shape index (κ2) is 7.24. The summed E-state index contributed by atoms with van der Waals surface area (Å²) >= 11 is 0. The molecule has 0 unspecified atom stereocenters. The van der Waals surface area contributed by atoms with E-state index in [4.69, 9.17) is 5.73 Å². The molecule has 122 valence electrons. The molecule has 2 aromatic heterocycles. The Morgan fingerprint density at radius 3 is 2.48 bits per heavy atom. The van der Waals surface area contributed by atoms with Gasteiger partial charge in [0.05, 0.1) is 5.39 Å². The molecule has 23 heavy (non-hydrogen) atoms. The van der Waals surface area contributed by atoms with Gasteiger partial charge in [0.1, 0.15) is 17.8 Å². The molecule has 0 bridgehead atoms. The van der Waals surface area contributed by atoms with E-state index in [1.54, 1.807) is 6.33 Å². The van der Waals surface area contributed by atoms with Gasteiger partial charge in [-0.05, 0) is 18.1 Å². The number of hydrogen-bond acceptors (Lipinski definition) is 4. The lowest BCUT2D eigenvalue weighted by Crippen LogP contribution is -2.05. The highest BCUT2D eigenvalue weighted by molar-refractivity contribution is 6.03. The van der Waals surface area contributed by atoms with Crippen molar-refractivity contribution in [3.05, 3.63) is 41.9 Å². The van der Waals surface area contributed by atoms with Crippen LogP contribution in [0.15, 0.2) is 30.6 Å². The zero-order chi connectivity index (χ0) is 17.0. The van der Waals surface area contributed by atoms with E-state index in [9.17, 15) is 0 Å². The molecule has 0 spiro atoms. The maximum atomic E-state index is 6.00. The van der Waals surface area contributed by atoms with Crippen molar-refractivity contribution in [2.24, 2.45) is 12.8 Å². The second-order valence-corrected chi connectivity index (χ2v) is 5.07. The molecule has 0 aliphatic rings. The average Bonchev–Trinajstić information content (AvgIpc) is 2.89. The number of rotatable bonds is 3. The minimum atomic E-state index is 0.458. The SMILES string of the molecule is CC.CNc1ncnc2c1c(-c1ccccc1C)c(CN)n2C. The number of fused-ring (bicyclic) bond motifs is 1. The van der Waals surface area contributed by atoms with Gasteiger partial charge in [0.25, 0.3) is 0 Å². The zero-order valence-electron chi connectivity index (χ0n) is 14.5. The van der Waals surface area contributed by atoms with E-state index in [2.05, 4.69) is 38.9 Å². The molecule has 3 N–H and O–H groups in total. The van der Waals surface area contributed by atoms with E-state index in [-0.39, 0.29) is 0 Å². The molecule has 0 saturated heterocycles. The molecular weight excluding hydrogens is 286 g/mol. The first-order valence-corrected chi connectivity index (χ1v) is 7.95. The molecule has 3 rings (SSSR count). The molecule has 1 aromatic carbocycles. The molecule has 2 heterocycles. The summed E-state index contributed by atoms with van der Waals surface area (Å²) in [5.41, 5.74) is 11.5. The Morgan fingerprint density at radius 1 is 1.17 bits per heavy atom. The van der Waals surface area contributed by atoms with Crippen molar-refractivity contribution >= 4 is 16.9 Å². The predicted molar refractivity (Wildman–Crippen MR) is 97.5 cm³/mol. The summed E-state index contributed by atoms with van der Waals surface area (Å²) in [6.45, 7) is 6.57. The quantitative estimate of drug-likeness (QED) is 0.777. The van der Waals surface area contributed by atoms with Gasteiger partial charge in [-0.15, -0.1) is 0 Å². The number of anilines is 1. The third kappa shape index (κ3) is 2.80. The molecule has 0 saturated carbocycles. The lowest BCUT2D eigenvalue weighted by Gasteiger charge is -2.09. The van der Waals surface area contributed by atoms with Gasteiger partial charge in [0.15, 0.2) is 0 Å². The van der Waals surface area contributed by atoms with Crippen LogP contribution in [0.25, 0.3) is 22.2 Å². The van der Waals surface area contributed by atoms with E-state index in [1.165, 1.54) is 11.1 Å². The van der Waals surface area contributed by atoms with Crippen LogP contribution in [0.3, 0.4) is 0 Å². The smallest absolute Gasteiger partial charge is 0.146 e. The van der Waals surface area contributed by atoms with Gasteiger partial charge in [-0.1, -0.05) is 38.1 Å². The number of benzene rings is 1. The summed E-state index contributed by atoms with van der Waals surface area (Å²) in [5.74, 6) is 0.827. The summed E-state index contributed by atoms with van der Waals surface area (Å²) in [7, 11) is 3.87. The lowest BCUT2D eigenvalue weighted by atomic mass is 9.98. The van der Waals surface area contributed by atoms with Crippen LogP contribution < -0.4 is 11.1 Å². The van der Waals surface area contributed by atoms with Crippen molar-refractivity contribution in [2.45, 2.75) is 27.3 Å². The Hall–Kier alpha value is -2.40. The normalized spacial score (nSPS) is 10.3. The molecule has 0 atom stereocenters. The summed E-state index contributed by atoms with van der Waals surface area (Å²) in [5, 5.41) is 4.18. The highest BCUT2D eigenvalue weighted by Gasteiger charge is 2.20. The van der Waals surface area contributed by atoms with Crippen LogP contribution in [-0.4, -0.2) is 21.6 Å². The number of aryl methyl sites for hydroxylation is 2. The highest BCUT2D eigenvalue weighted by Crippen LogP contribution is 2.37. The van der Waals surface area contributed by atoms with Crippen molar-refractivity contribution in [1.29, 1.82) is 0 Å². The van der Waals surface area contributed by atoms with Gasteiger partial charge in [-0.25, -0.2) is 9.97 Å². The summed E-state index contributed by atoms with van der Waals surface area (Å²) in [4.78, 5) is 8.78. The Bertz CT molecular complexity index is 805. The summed E-state index contributed by atoms with van der Waals surface area (Å²) in [6.07, 6.45) is 1.58. The molecular formula is C18H25N5. The van der Waals surface area contributed by atoms with E-state index in [0.717, 1.165) is 28.1 Å². The van der Waals surface area contributed by atoms with Crippen molar-refractivity contribution < 1.29 is 0 Å². The molecule has 3 aromatic rings. The summed E-state index contributed by atoms with van der Waals surface area (Å²) < 4.78 is 2.06. The van der Waals surface area contributed by atoms with E-state index >= 15 is 0 Å². The average molecular weight is 311 g/mol. The summed E-state index contributed by atoms with van der Waals surface area (Å²) in [6, 6.07) is 8.32. The lowest BCUT2D eigenvalue weighted by molar-refractivity contribution is 0.840. The number of nitrogens with two attached hydrogens (primary N) is 1. The molecule has 5 heteroatoms. The monoisotopic (exact) mass is 311 g/mol. The Kier molecular flexibility index (Phi) is 5.34. The van der Waals surface area contributed by atoms with Crippen molar-refractivity contribution in [2.75, 3.05) is 12.4 Å². The number of nitrogens with zero attached hydrogens (tertiary/aromatic N) is 3. The van der Waals surface area contributed by atoms with E-state index in [1.807, 2.05) is 40.1 Å². The predicted octanol–water partition coefficient (Wildman–Crippen LogP) is 3.47. The van der Waals surface area contributed by atoms with Crippen molar-refractivity contribution in [3.63, 3.8) is 0 Å². The fourth-order valence-electron chi connectivity index (χ4n) is 2.87. The second-order valence-electron chi connectivity index (χ2n) is 5.07. The maximum Gasteiger partial charge on any atom is 0.146 e. The molecule has 0 fully saturated rings. The van der Waals surface area contributed by atoms with Crippen molar-refractivity contribution in [1.82, 2.24) is 14.5 Å². The van der Waals surface area contributed by atoms with Crippen molar-refractivity contribution in [3.8, 4) is 11.1 Å². The van der Waals surface area contributed by atoms with Gasteiger partial charge in [0.2, 0.25) is 0 Å². The Balaban J connectivity index is 0.000000924. The minimum Gasteiger partial charge on any atom is -0.372 e. The maximum absolute atomic E-state index is 6.00. The van der Waals surface area contributed by atoms with E-state index < -0.39 is 0 Å². The van der Waals surface area contributed by atoms with Crippen LogP contribution in [0, 0.1) is 6.92 Å². The van der Waals surface area contributed by atoms with Gasteiger partial charge >= 0.3 is 0 Å². The van der Waals surface area contributed by atoms with Crippen LogP contribution in [0.1, 0.15) is 25.1 Å². The third-order valence-electron chi connectivity index (χ3n) is 3.93. The Labute approximate surface area is 137 Å². The molecule has 0 radical (unpaired) electrons. The zero-order valence-corrected chi connectivity index (χ0v) is 14.5. The van der Waals surface area contributed by atoms with Crippen LogP contribution in [0.2, 0.25) is 0 Å². The van der Waals surface area contributed by atoms with Crippen LogP contribution in [0.5, 0.6) is 0 Å². The number of nitrogens with one attached hydrogen (secondary N) is 1. The molecule has 5 nitrogen and oxygen atoms in total. The third-order valence-corrected chi connectivity index (χ3v) is 3.93. The first-order valence-electron chi connectivity index (χ1n) is 7.95. The fraction of sp³-hybridized carbons (Fsp3) is 0.333. The van der Waals surface area contributed by atoms with Gasteiger partial charge < -0.3 is 15.6 Å². The number of hydrogen-bond donors (Lipinski definition) is 2. The standard InChI is InChI=1S/C16H19N5.C2H6/c1-10-6-4-5-7-11(10)13-12(8-17)21(3)16-14(13)15(18-2)19-9-20-16;1-2/h4-7,9H,8,17H2,1-3H3,(H,18,19,20);1-2H3. The van der Waals surface area contributed by atoms with Crippen LogP contribution in [-0.2, 0) is 13.6 Å². The van der Waals surface area contributed by atoms with Crippen LogP contribution in [0.4, 0.5) is 5.82 Å². The fourth-order valence-corrected chi connectivity index (χ4v) is 2.87. The largest absolute Gasteiger partial charge is 0.372 e. The van der Waals surface area contributed by atoms with Gasteiger partial charge in [-0.2, -0.15) is 0 Å². The van der Waals surface area contributed by atoms with Crippen LogP contribution >= 0.6 is 0 Å². The van der Waals surface area contributed by atoms with E-state index in [0.29, 0.717) is 6.54 Å². The van der Waals surface area contributed by atoms with Gasteiger partial charge in [0, 0.05) is 31.9 Å². The molecule has 0 aliphatic carbocycles. The first-order chi connectivity index (χ1) is 11.2. The highest BCUT2D eigenvalue weighted by atomic mass is 15.1. The first kappa shape index (κ1) is 17.0. The Morgan fingerprint density at radius 2 is 1.87 bits per heavy atom. The number of aromatic nitrogens is 3. The molecule has 0 aliphatic heterocycles. The topological polar surface area (TPSA) is 68.8 Å². The minimum absolute atomic E-state index is 0.458. The van der Waals surface area contributed by atoms with Gasteiger partial charge in [-0.3, -0.25) is 0 Å². The molecule has 0 amide bonds.